The fraction of sp³-hybridized carbons (Fsp3) is 0.300. The molecule has 3 rings (SSSR count). The van der Waals surface area contributed by atoms with Gasteiger partial charge in [0, 0.05) is 10.9 Å². The fourth-order valence-electron chi connectivity index (χ4n) is 3.47. The summed E-state index contributed by atoms with van der Waals surface area (Å²) >= 11 is 5.85. The number of benzene rings is 2. The van der Waals surface area contributed by atoms with Gasteiger partial charge in [0.2, 0.25) is 0 Å². The van der Waals surface area contributed by atoms with Crippen molar-refractivity contribution in [2.75, 3.05) is 13.7 Å². The Hall–Kier alpha value is -2.56. The summed E-state index contributed by atoms with van der Waals surface area (Å²) < 4.78 is 36.7. The number of sulfone groups is 1. The van der Waals surface area contributed by atoms with Gasteiger partial charge in [0.1, 0.15) is 11.0 Å². The number of methoxy groups -OCH3 is 1. The van der Waals surface area contributed by atoms with E-state index in [1.54, 1.807) is 31.2 Å². The van der Waals surface area contributed by atoms with Crippen molar-refractivity contribution in [1.82, 2.24) is 0 Å². The van der Waals surface area contributed by atoms with E-state index < -0.39 is 32.4 Å². The van der Waals surface area contributed by atoms with E-state index in [1.165, 1.54) is 31.4 Å². The predicted octanol–water partition coefficient (Wildman–Crippen LogP) is 3.36. The van der Waals surface area contributed by atoms with Crippen molar-refractivity contribution in [3.05, 3.63) is 59.1 Å². The first-order valence-electron chi connectivity index (χ1n) is 8.54. The molecule has 0 aromatic heterocycles. The first-order chi connectivity index (χ1) is 13.3. The first kappa shape index (κ1) is 20.2. The molecule has 8 heteroatoms. The van der Waals surface area contributed by atoms with Gasteiger partial charge in [-0.05, 0) is 48.9 Å². The number of rotatable bonds is 6. The van der Waals surface area contributed by atoms with Gasteiger partial charge in [-0.3, -0.25) is 4.79 Å². The zero-order valence-corrected chi connectivity index (χ0v) is 16.8. The third kappa shape index (κ3) is 3.13. The normalized spacial score (nSPS) is 23.5. The summed E-state index contributed by atoms with van der Waals surface area (Å²) in [5.41, 5.74) is -1.25. The highest BCUT2D eigenvalue weighted by atomic mass is 35.5. The van der Waals surface area contributed by atoms with Gasteiger partial charge in [0.15, 0.2) is 15.3 Å². The molecule has 1 saturated carbocycles. The number of carbonyl (C=O) groups is 1. The van der Waals surface area contributed by atoms with Crippen LogP contribution in [0.1, 0.15) is 18.4 Å². The average molecular weight is 420 g/mol. The van der Waals surface area contributed by atoms with E-state index in [0.717, 1.165) is 0 Å². The van der Waals surface area contributed by atoms with Crippen LogP contribution in [0.25, 0.3) is 0 Å². The second-order valence-corrected chi connectivity index (χ2v) is 8.88. The van der Waals surface area contributed by atoms with Crippen LogP contribution < -0.4 is 4.74 Å². The molecule has 1 aliphatic carbocycles. The van der Waals surface area contributed by atoms with Crippen LogP contribution >= 0.6 is 11.6 Å². The van der Waals surface area contributed by atoms with Crippen molar-refractivity contribution in [3.8, 4) is 11.8 Å². The van der Waals surface area contributed by atoms with Gasteiger partial charge in [-0.2, -0.15) is 5.26 Å². The van der Waals surface area contributed by atoms with Crippen LogP contribution in [0.3, 0.4) is 0 Å². The number of esters is 1. The largest absolute Gasteiger partial charge is 0.497 e. The fourth-order valence-corrected chi connectivity index (χ4v) is 5.84. The van der Waals surface area contributed by atoms with Crippen LogP contribution in [0, 0.1) is 16.7 Å². The van der Waals surface area contributed by atoms with Crippen LogP contribution in [-0.4, -0.2) is 33.4 Å². The van der Waals surface area contributed by atoms with Gasteiger partial charge in [-0.25, -0.2) is 8.42 Å². The summed E-state index contributed by atoms with van der Waals surface area (Å²) in [7, 11) is -2.48. The number of halogens is 1. The van der Waals surface area contributed by atoms with Gasteiger partial charge in [0.25, 0.3) is 0 Å². The lowest BCUT2D eigenvalue weighted by Gasteiger charge is -2.09. The lowest BCUT2D eigenvalue weighted by molar-refractivity contribution is -0.147. The Kier molecular flexibility index (Phi) is 5.37. The van der Waals surface area contributed by atoms with Crippen LogP contribution in [0.4, 0.5) is 0 Å². The maximum atomic E-state index is 13.3. The molecule has 0 N–H and O–H groups in total. The van der Waals surface area contributed by atoms with E-state index in [4.69, 9.17) is 21.1 Å². The molecular weight excluding hydrogens is 402 g/mol. The molecule has 0 saturated heterocycles. The zero-order valence-electron chi connectivity index (χ0n) is 15.3. The molecule has 2 aromatic rings. The molecule has 0 amide bonds. The van der Waals surface area contributed by atoms with E-state index in [0.29, 0.717) is 16.3 Å². The maximum Gasteiger partial charge on any atom is 0.328 e. The van der Waals surface area contributed by atoms with Gasteiger partial charge in [0.05, 0.1) is 24.7 Å². The highest BCUT2D eigenvalue weighted by molar-refractivity contribution is 7.92. The molecule has 2 aromatic carbocycles. The van der Waals surface area contributed by atoms with Crippen molar-refractivity contribution in [2.45, 2.75) is 23.0 Å². The second-order valence-electron chi connectivity index (χ2n) is 6.37. The summed E-state index contributed by atoms with van der Waals surface area (Å²) in [6.07, 6.45) is 0. The molecule has 3 atom stereocenters. The smallest absolute Gasteiger partial charge is 0.328 e. The number of hydrogen-bond acceptors (Lipinski definition) is 6. The van der Waals surface area contributed by atoms with E-state index in [2.05, 4.69) is 0 Å². The van der Waals surface area contributed by atoms with Crippen LogP contribution in [0.5, 0.6) is 5.75 Å². The third-order valence-corrected chi connectivity index (χ3v) is 7.38. The Bertz CT molecular complexity index is 1030. The second kappa shape index (κ2) is 7.46. The maximum absolute atomic E-state index is 13.3. The minimum absolute atomic E-state index is 0.00170. The number of ether oxygens (including phenoxy) is 2. The average Bonchev–Trinajstić information content (AvgIpc) is 3.40. The molecular formula is C20H18ClNO5S. The van der Waals surface area contributed by atoms with Crippen LogP contribution in [-0.2, 0) is 19.4 Å². The van der Waals surface area contributed by atoms with Crippen LogP contribution in [0.15, 0.2) is 53.4 Å². The molecule has 0 radical (unpaired) electrons. The highest BCUT2D eigenvalue weighted by Crippen LogP contribution is 2.64. The number of nitriles is 1. The number of nitrogens with zero attached hydrogens (tertiary/aromatic N) is 1. The zero-order chi connectivity index (χ0) is 20.5. The van der Waals surface area contributed by atoms with Crippen molar-refractivity contribution in [1.29, 1.82) is 5.26 Å². The van der Waals surface area contributed by atoms with Crippen LogP contribution in [0.2, 0.25) is 5.02 Å². The Labute approximate surface area is 168 Å². The van der Waals surface area contributed by atoms with E-state index in [1.807, 2.05) is 6.07 Å². The SMILES string of the molecule is CCOC(=O)[C@]1(C#N)[C@@H](c2ccc(OC)cc2)[C@@H]1S(=O)(=O)c1ccc(Cl)cc1. The molecule has 146 valence electrons. The minimum Gasteiger partial charge on any atom is -0.497 e. The van der Waals surface area contributed by atoms with Crippen molar-refractivity contribution < 1.29 is 22.7 Å². The van der Waals surface area contributed by atoms with Gasteiger partial charge in [-0.1, -0.05) is 23.7 Å². The summed E-state index contributed by atoms with van der Waals surface area (Å²) in [6.45, 7) is 1.65. The quantitative estimate of drug-likeness (QED) is 0.666. The topological polar surface area (TPSA) is 93.5 Å². The molecule has 6 nitrogen and oxygen atoms in total. The third-order valence-electron chi connectivity index (χ3n) is 4.88. The molecule has 28 heavy (non-hydrogen) atoms. The summed E-state index contributed by atoms with van der Waals surface area (Å²) in [4.78, 5) is 12.7. The Morgan fingerprint density at radius 2 is 1.79 bits per heavy atom. The molecule has 1 aliphatic rings. The lowest BCUT2D eigenvalue weighted by Crippen LogP contribution is -2.25. The van der Waals surface area contributed by atoms with Gasteiger partial charge < -0.3 is 9.47 Å². The van der Waals surface area contributed by atoms with Crippen molar-refractivity contribution >= 4 is 27.4 Å². The van der Waals surface area contributed by atoms with Gasteiger partial charge >= 0.3 is 5.97 Å². The summed E-state index contributed by atoms with van der Waals surface area (Å²) in [5, 5.41) is 8.99. The van der Waals surface area contributed by atoms with Crippen molar-refractivity contribution in [2.24, 2.45) is 5.41 Å². The van der Waals surface area contributed by atoms with E-state index >= 15 is 0 Å². The number of hydrogen-bond donors (Lipinski definition) is 0. The van der Waals surface area contributed by atoms with Crippen molar-refractivity contribution in [3.63, 3.8) is 0 Å². The van der Waals surface area contributed by atoms with E-state index in [-0.39, 0.29) is 11.5 Å². The molecule has 0 heterocycles. The molecule has 0 bridgehead atoms. The first-order valence-corrected chi connectivity index (χ1v) is 10.5. The number of carbonyl (C=O) groups excluding carboxylic acids is 1. The molecule has 0 unspecified atom stereocenters. The highest BCUT2D eigenvalue weighted by Gasteiger charge is 2.77. The molecule has 1 fully saturated rings. The Morgan fingerprint density at radius 3 is 2.29 bits per heavy atom. The van der Waals surface area contributed by atoms with Gasteiger partial charge in [-0.15, -0.1) is 0 Å². The Morgan fingerprint density at radius 1 is 1.18 bits per heavy atom. The lowest BCUT2D eigenvalue weighted by atomic mass is 10.0. The molecule has 0 spiro atoms. The Balaban J connectivity index is 2.11. The minimum atomic E-state index is -3.99. The standard InChI is InChI=1S/C20H18ClNO5S/c1-3-27-19(23)20(12-22)17(13-4-8-15(26-2)9-5-13)18(20)28(24,25)16-10-6-14(21)7-11-16/h4-11,17-18H,3H2,1-2H3/t17-,18-,20+/m0/s1. The molecule has 0 aliphatic heterocycles. The summed E-state index contributed by atoms with van der Waals surface area (Å²) in [6, 6.07) is 14.2. The predicted molar refractivity (Wildman–Crippen MR) is 103 cm³/mol. The monoisotopic (exact) mass is 419 g/mol. The van der Waals surface area contributed by atoms with E-state index in [9.17, 15) is 18.5 Å². The summed E-state index contributed by atoms with van der Waals surface area (Å²) in [5.74, 6) is -1.09.